The van der Waals surface area contributed by atoms with Crippen LogP contribution in [-0.2, 0) is 16.6 Å². The maximum Gasteiger partial charge on any atom is 0.411 e. The summed E-state index contributed by atoms with van der Waals surface area (Å²) in [5.41, 5.74) is 0.159. The van der Waals surface area contributed by atoms with E-state index in [9.17, 15) is 19.7 Å². The summed E-state index contributed by atoms with van der Waals surface area (Å²) < 4.78 is 7.67. The number of nitro groups is 1. The molecule has 0 atom stereocenters. The molecule has 9 nitrogen and oxygen atoms in total. The van der Waals surface area contributed by atoms with E-state index in [-0.39, 0.29) is 12.3 Å². The second-order valence-corrected chi connectivity index (χ2v) is 5.09. The van der Waals surface area contributed by atoms with Crippen LogP contribution in [0.15, 0.2) is 47.0 Å². The number of rotatable bonds is 6. The number of nitrogens with zero attached hydrogens (tertiary/aromatic N) is 3. The fraction of sp³-hybridized carbons (Fsp3) is 0.250. The van der Waals surface area contributed by atoms with Crippen LogP contribution in [0.4, 0.5) is 5.69 Å². The number of nitrogens with one attached hydrogen (secondary N) is 1. The highest BCUT2D eigenvalue weighted by atomic mass is 16.6. The molecule has 9 heteroatoms. The topological polar surface area (TPSA) is 108 Å². The number of benzene rings is 1. The molecule has 1 heterocycles. The molecule has 1 aromatic carbocycles. The summed E-state index contributed by atoms with van der Waals surface area (Å²) in [6, 6.07) is 8.95. The molecule has 0 aliphatic rings. The van der Waals surface area contributed by atoms with Crippen molar-refractivity contribution in [3.63, 3.8) is 0 Å². The molecule has 1 N–H and O–H groups in total. The summed E-state index contributed by atoms with van der Waals surface area (Å²) in [6.07, 6.45) is 0.872. The molecule has 132 valence electrons. The third-order valence-electron chi connectivity index (χ3n) is 3.59. The molecule has 2 rings (SSSR count). The Morgan fingerprint density at radius 3 is 2.56 bits per heavy atom. The first-order valence-corrected chi connectivity index (χ1v) is 7.50. The van der Waals surface area contributed by atoms with Gasteiger partial charge in [0, 0.05) is 7.05 Å². The highest BCUT2D eigenvalue weighted by Gasteiger charge is 2.24. The largest absolute Gasteiger partial charge is 0.458 e. The molecular weight excluding hydrogens is 328 g/mol. The molecule has 0 aliphatic carbocycles. The lowest BCUT2D eigenvalue weighted by Crippen LogP contribution is -2.21. The van der Waals surface area contributed by atoms with E-state index in [4.69, 9.17) is 0 Å². The first-order valence-electron chi connectivity index (χ1n) is 7.50. The molecule has 0 radical (unpaired) electrons. The molecule has 0 unspecified atom stereocenters. The number of anilines is 1. The van der Waals surface area contributed by atoms with Gasteiger partial charge in [0.05, 0.1) is 29.1 Å². The zero-order chi connectivity index (χ0) is 18.6. The van der Waals surface area contributed by atoms with Crippen LogP contribution in [0.25, 0.3) is 5.69 Å². The van der Waals surface area contributed by atoms with Crippen molar-refractivity contribution >= 4 is 11.7 Å². The van der Waals surface area contributed by atoms with Gasteiger partial charge in [-0.15, -0.1) is 0 Å². The van der Waals surface area contributed by atoms with Crippen molar-refractivity contribution in [1.82, 2.24) is 9.36 Å². The number of ether oxygens (including phenoxy) is 1. The van der Waals surface area contributed by atoms with Crippen LogP contribution in [-0.4, -0.2) is 26.9 Å². The van der Waals surface area contributed by atoms with E-state index in [1.165, 1.54) is 4.68 Å². The SMILES string of the molecule is CCOC(=O)C(=CNc1c(C)n(C)n(-c2ccccc2)c1=O)[N+](=O)[O-]. The monoisotopic (exact) mass is 346 g/mol. The Bertz CT molecular complexity index is 880. The predicted molar refractivity (Wildman–Crippen MR) is 91.1 cm³/mol. The van der Waals surface area contributed by atoms with Crippen molar-refractivity contribution in [1.29, 1.82) is 0 Å². The molecule has 0 fully saturated rings. The Morgan fingerprint density at radius 1 is 1.36 bits per heavy atom. The van der Waals surface area contributed by atoms with E-state index in [2.05, 4.69) is 10.1 Å². The third kappa shape index (κ3) is 3.60. The van der Waals surface area contributed by atoms with E-state index in [0.717, 1.165) is 6.20 Å². The summed E-state index contributed by atoms with van der Waals surface area (Å²) in [6.45, 7) is 3.24. The van der Waals surface area contributed by atoms with Gasteiger partial charge in [-0.3, -0.25) is 19.6 Å². The molecule has 2 aromatic rings. The lowest BCUT2D eigenvalue weighted by molar-refractivity contribution is -0.421. The minimum Gasteiger partial charge on any atom is -0.458 e. The van der Waals surface area contributed by atoms with Crippen molar-refractivity contribution in [2.75, 3.05) is 11.9 Å². The van der Waals surface area contributed by atoms with Crippen LogP contribution < -0.4 is 10.9 Å². The highest BCUT2D eigenvalue weighted by Crippen LogP contribution is 2.14. The molecule has 0 saturated carbocycles. The van der Waals surface area contributed by atoms with E-state index in [0.29, 0.717) is 11.4 Å². The summed E-state index contributed by atoms with van der Waals surface area (Å²) in [7, 11) is 1.69. The molecular formula is C16H18N4O5. The van der Waals surface area contributed by atoms with E-state index >= 15 is 0 Å². The van der Waals surface area contributed by atoms with E-state index < -0.39 is 22.1 Å². The Balaban J connectivity index is 2.44. The van der Waals surface area contributed by atoms with Gasteiger partial charge in [0.15, 0.2) is 0 Å². The average Bonchev–Trinajstić information content (AvgIpc) is 2.79. The lowest BCUT2D eigenvalue weighted by atomic mass is 10.3. The van der Waals surface area contributed by atoms with E-state index in [1.54, 1.807) is 49.8 Å². The minimum absolute atomic E-state index is 0.00912. The number of esters is 1. The van der Waals surface area contributed by atoms with Crippen LogP contribution in [0.5, 0.6) is 0 Å². The predicted octanol–water partition coefficient (Wildman–Crippen LogP) is 1.58. The Labute approximate surface area is 143 Å². The first kappa shape index (κ1) is 18.0. The number of hydrogen-bond acceptors (Lipinski definition) is 6. The maximum atomic E-state index is 12.7. The molecule has 0 aliphatic heterocycles. The van der Waals surface area contributed by atoms with Crippen molar-refractivity contribution in [3.05, 3.63) is 68.4 Å². The van der Waals surface area contributed by atoms with Gasteiger partial charge in [0.25, 0.3) is 5.56 Å². The average molecular weight is 346 g/mol. The highest BCUT2D eigenvalue weighted by molar-refractivity contribution is 5.86. The zero-order valence-corrected chi connectivity index (χ0v) is 14.1. The molecule has 1 aromatic heterocycles. The fourth-order valence-electron chi connectivity index (χ4n) is 2.27. The Morgan fingerprint density at radius 2 is 2.00 bits per heavy atom. The normalized spacial score (nSPS) is 11.2. The second-order valence-electron chi connectivity index (χ2n) is 5.09. The van der Waals surface area contributed by atoms with Crippen molar-refractivity contribution < 1.29 is 14.5 Å². The quantitative estimate of drug-likeness (QED) is 0.368. The van der Waals surface area contributed by atoms with Gasteiger partial charge < -0.3 is 10.1 Å². The molecule has 0 amide bonds. The summed E-state index contributed by atoms with van der Waals surface area (Å²) in [5.74, 6) is -1.07. The van der Waals surface area contributed by atoms with Crippen LogP contribution in [0.1, 0.15) is 12.6 Å². The smallest absolute Gasteiger partial charge is 0.411 e. The molecule has 0 saturated heterocycles. The van der Waals surface area contributed by atoms with Gasteiger partial charge in [0.2, 0.25) is 0 Å². The van der Waals surface area contributed by atoms with Crippen molar-refractivity contribution in [3.8, 4) is 5.69 Å². The van der Waals surface area contributed by atoms with Crippen molar-refractivity contribution in [2.45, 2.75) is 13.8 Å². The summed E-state index contributed by atoms with van der Waals surface area (Å²) in [5, 5.41) is 13.6. The molecule has 25 heavy (non-hydrogen) atoms. The molecule has 0 bridgehead atoms. The lowest BCUT2D eigenvalue weighted by Gasteiger charge is -2.07. The number of para-hydroxylation sites is 1. The minimum atomic E-state index is -1.07. The van der Waals surface area contributed by atoms with Crippen molar-refractivity contribution in [2.24, 2.45) is 7.05 Å². The summed E-state index contributed by atoms with van der Waals surface area (Å²) >= 11 is 0. The number of carbonyl (C=O) groups is 1. The van der Waals surface area contributed by atoms with E-state index in [1.807, 2.05) is 6.07 Å². The zero-order valence-electron chi connectivity index (χ0n) is 14.1. The van der Waals surface area contributed by atoms with Crippen LogP contribution >= 0.6 is 0 Å². The van der Waals surface area contributed by atoms with Gasteiger partial charge in [-0.2, -0.15) is 0 Å². The van der Waals surface area contributed by atoms with Gasteiger partial charge in [0.1, 0.15) is 5.69 Å². The summed E-state index contributed by atoms with van der Waals surface area (Å²) in [4.78, 5) is 34.4. The second kappa shape index (κ2) is 7.47. The Kier molecular flexibility index (Phi) is 5.38. The number of aromatic nitrogens is 2. The Hall–Kier alpha value is -3.36. The van der Waals surface area contributed by atoms with Gasteiger partial charge in [-0.05, 0) is 26.0 Å². The van der Waals surface area contributed by atoms with Crippen LogP contribution in [0, 0.1) is 17.0 Å². The van der Waals surface area contributed by atoms with Gasteiger partial charge >= 0.3 is 11.7 Å². The standard InChI is InChI=1S/C16H18N4O5/c1-4-25-16(22)13(20(23)24)10-17-14-11(2)18(3)19(15(14)21)12-8-6-5-7-9-12/h5-10,17H,4H2,1-3H3. The first-order chi connectivity index (χ1) is 11.9. The third-order valence-corrected chi connectivity index (χ3v) is 3.59. The van der Waals surface area contributed by atoms with Gasteiger partial charge in [-0.1, -0.05) is 18.2 Å². The van der Waals surface area contributed by atoms with Crippen LogP contribution in [0.3, 0.4) is 0 Å². The number of carbonyl (C=O) groups excluding carboxylic acids is 1. The molecule has 0 spiro atoms. The van der Waals surface area contributed by atoms with Gasteiger partial charge in [-0.25, -0.2) is 9.48 Å². The van der Waals surface area contributed by atoms with Crippen LogP contribution in [0.2, 0.25) is 0 Å². The maximum absolute atomic E-state index is 12.7. The number of hydrogen-bond donors (Lipinski definition) is 1. The fourth-order valence-corrected chi connectivity index (χ4v) is 2.27.